The second-order valence-corrected chi connectivity index (χ2v) is 3.33. The lowest BCUT2D eigenvalue weighted by atomic mass is 10.0. The molecule has 1 rings (SSSR count). The van der Waals surface area contributed by atoms with Crippen molar-refractivity contribution < 1.29 is 18.0 Å². The Bertz CT molecular complexity index is 393. The zero-order valence-electron chi connectivity index (χ0n) is 8.55. The van der Waals surface area contributed by atoms with Gasteiger partial charge in [0.1, 0.15) is 0 Å². The fourth-order valence-electron chi connectivity index (χ4n) is 1.25. The maximum atomic E-state index is 12.4. The number of benzene rings is 1. The molecule has 0 saturated carbocycles. The van der Waals surface area contributed by atoms with Gasteiger partial charge in [-0.1, -0.05) is 18.2 Å². The number of hydrogen-bond donors (Lipinski definition) is 0. The van der Waals surface area contributed by atoms with Crippen molar-refractivity contribution in [2.45, 2.75) is 19.0 Å². The van der Waals surface area contributed by atoms with Crippen LogP contribution in [-0.4, -0.2) is 5.78 Å². The first-order valence-corrected chi connectivity index (χ1v) is 4.76. The van der Waals surface area contributed by atoms with Crippen LogP contribution in [0, 0.1) is 0 Å². The zero-order valence-corrected chi connectivity index (χ0v) is 8.55. The monoisotopic (exact) mass is 228 g/mol. The van der Waals surface area contributed by atoms with Crippen molar-refractivity contribution in [3.8, 4) is 0 Å². The molecule has 4 heteroatoms. The van der Waals surface area contributed by atoms with Gasteiger partial charge in [-0.15, -0.1) is 6.58 Å². The number of hydrogen-bond acceptors (Lipinski definition) is 1. The van der Waals surface area contributed by atoms with Crippen molar-refractivity contribution in [2.75, 3.05) is 0 Å². The third-order valence-corrected chi connectivity index (χ3v) is 2.09. The predicted molar refractivity (Wildman–Crippen MR) is 55.2 cm³/mol. The molecular formula is C12H11F3O. The van der Waals surface area contributed by atoms with E-state index in [0.717, 1.165) is 12.1 Å². The normalized spacial score (nSPS) is 11.2. The Hall–Kier alpha value is -1.58. The molecule has 0 radical (unpaired) electrons. The molecule has 0 spiro atoms. The van der Waals surface area contributed by atoms with Crippen molar-refractivity contribution >= 4 is 5.78 Å². The van der Waals surface area contributed by atoms with Gasteiger partial charge in [0.25, 0.3) is 0 Å². The van der Waals surface area contributed by atoms with E-state index in [1.165, 1.54) is 12.1 Å². The number of Topliss-reactive ketones (excluding diaryl/α,β-unsaturated/α-hetero) is 1. The van der Waals surface area contributed by atoms with Gasteiger partial charge < -0.3 is 0 Å². The number of rotatable bonds is 4. The number of carbonyl (C=O) groups excluding carboxylic acids is 1. The quantitative estimate of drug-likeness (QED) is 0.565. The third kappa shape index (κ3) is 3.22. The van der Waals surface area contributed by atoms with Gasteiger partial charge in [0.15, 0.2) is 5.78 Å². The fourth-order valence-corrected chi connectivity index (χ4v) is 1.25. The Balaban J connectivity index is 2.90. The molecule has 0 fully saturated rings. The first kappa shape index (κ1) is 12.5. The summed E-state index contributed by atoms with van der Waals surface area (Å²) in [5.74, 6) is -0.300. The average molecular weight is 228 g/mol. The van der Waals surface area contributed by atoms with E-state index in [1.54, 1.807) is 6.08 Å². The lowest BCUT2D eigenvalue weighted by molar-refractivity contribution is -0.137. The predicted octanol–water partition coefficient (Wildman–Crippen LogP) is 3.85. The van der Waals surface area contributed by atoms with Gasteiger partial charge in [-0.25, -0.2) is 0 Å². The van der Waals surface area contributed by atoms with Crippen LogP contribution < -0.4 is 0 Å². The summed E-state index contributed by atoms with van der Waals surface area (Å²) < 4.78 is 37.1. The lowest BCUT2D eigenvalue weighted by Crippen LogP contribution is -2.07. The lowest BCUT2D eigenvalue weighted by Gasteiger charge is -2.07. The van der Waals surface area contributed by atoms with E-state index in [0.29, 0.717) is 6.42 Å². The van der Waals surface area contributed by atoms with E-state index < -0.39 is 11.7 Å². The summed E-state index contributed by atoms with van der Waals surface area (Å²) in [6.07, 6.45) is -2.19. The molecule has 0 aliphatic rings. The summed E-state index contributed by atoms with van der Waals surface area (Å²) in [4.78, 5) is 11.5. The van der Waals surface area contributed by atoms with E-state index in [4.69, 9.17) is 0 Å². The maximum Gasteiger partial charge on any atom is 0.416 e. The van der Waals surface area contributed by atoms with Crippen LogP contribution in [-0.2, 0) is 6.18 Å². The number of carbonyl (C=O) groups is 1. The summed E-state index contributed by atoms with van der Waals surface area (Å²) in [5, 5.41) is 0. The first-order chi connectivity index (χ1) is 7.45. The number of alkyl halides is 3. The topological polar surface area (TPSA) is 17.1 Å². The molecule has 1 nitrogen and oxygen atoms in total. The van der Waals surface area contributed by atoms with Crippen molar-refractivity contribution in [2.24, 2.45) is 0 Å². The summed E-state index contributed by atoms with van der Waals surface area (Å²) in [6.45, 7) is 3.45. The zero-order chi connectivity index (χ0) is 12.2. The molecule has 0 unspecified atom stereocenters. The van der Waals surface area contributed by atoms with Crippen molar-refractivity contribution in [3.05, 3.63) is 48.0 Å². The van der Waals surface area contributed by atoms with Crippen LogP contribution in [0.1, 0.15) is 28.8 Å². The van der Waals surface area contributed by atoms with Gasteiger partial charge in [0.2, 0.25) is 0 Å². The van der Waals surface area contributed by atoms with Crippen LogP contribution in [0.25, 0.3) is 0 Å². The highest BCUT2D eigenvalue weighted by Crippen LogP contribution is 2.29. The molecule has 0 bridgehead atoms. The van der Waals surface area contributed by atoms with Gasteiger partial charge in [0.05, 0.1) is 5.56 Å². The van der Waals surface area contributed by atoms with Gasteiger partial charge in [-0.2, -0.15) is 13.2 Å². The molecule has 0 N–H and O–H groups in total. The van der Waals surface area contributed by atoms with Crippen molar-refractivity contribution in [3.63, 3.8) is 0 Å². The second kappa shape index (κ2) is 4.96. The molecule has 0 saturated heterocycles. The summed E-state index contributed by atoms with van der Waals surface area (Å²) in [6, 6.07) is 4.46. The van der Waals surface area contributed by atoms with Gasteiger partial charge >= 0.3 is 6.18 Å². The Morgan fingerprint density at radius 3 is 2.62 bits per heavy atom. The molecular weight excluding hydrogens is 217 g/mol. The molecule has 16 heavy (non-hydrogen) atoms. The number of allylic oxidation sites excluding steroid dienone is 1. The Morgan fingerprint density at radius 1 is 1.38 bits per heavy atom. The standard InChI is InChI=1S/C12H11F3O/c1-2-3-7-11(16)9-5-4-6-10(8-9)12(13,14)15/h2,4-6,8H,1,3,7H2. The number of halogens is 3. The van der Waals surface area contributed by atoms with E-state index in [9.17, 15) is 18.0 Å². The van der Waals surface area contributed by atoms with E-state index in [-0.39, 0.29) is 17.8 Å². The van der Waals surface area contributed by atoms with E-state index in [2.05, 4.69) is 6.58 Å². The summed E-state index contributed by atoms with van der Waals surface area (Å²) >= 11 is 0. The molecule has 86 valence electrons. The first-order valence-electron chi connectivity index (χ1n) is 4.76. The van der Waals surface area contributed by atoms with Gasteiger partial charge in [-0.3, -0.25) is 4.79 Å². The van der Waals surface area contributed by atoms with Crippen molar-refractivity contribution in [1.82, 2.24) is 0 Å². The van der Waals surface area contributed by atoms with Crippen LogP contribution in [0.3, 0.4) is 0 Å². The van der Waals surface area contributed by atoms with Crippen molar-refractivity contribution in [1.29, 1.82) is 0 Å². The Morgan fingerprint density at radius 2 is 2.06 bits per heavy atom. The van der Waals surface area contributed by atoms with Crippen LogP contribution in [0.2, 0.25) is 0 Å². The van der Waals surface area contributed by atoms with E-state index in [1.807, 2.05) is 0 Å². The van der Waals surface area contributed by atoms with E-state index >= 15 is 0 Å². The minimum Gasteiger partial charge on any atom is -0.294 e. The number of ketones is 1. The molecule has 0 heterocycles. The summed E-state index contributed by atoms with van der Waals surface area (Å²) in [5.41, 5.74) is -0.700. The Labute approximate surface area is 91.6 Å². The Kier molecular flexibility index (Phi) is 3.88. The van der Waals surface area contributed by atoms with Crippen LogP contribution in [0.15, 0.2) is 36.9 Å². The molecule has 0 aromatic heterocycles. The third-order valence-electron chi connectivity index (χ3n) is 2.09. The van der Waals surface area contributed by atoms with Crippen LogP contribution >= 0.6 is 0 Å². The van der Waals surface area contributed by atoms with Gasteiger partial charge in [-0.05, 0) is 18.6 Å². The largest absolute Gasteiger partial charge is 0.416 e. The highest BCUT2D eigenvalue weighted by atomic mass is 19.4. The highest BCUT2D eigenvalue weighted by molar-refractivity contribution is 5.96. The minimum absolute atomic E-state index is 0.0941. The average Bonchev–Trinajstić information content (AvgIpc) is 2.25. The van der Waals surface area contributed by atoms with Gasteiger partial charge in [0, 0.05) is 12.0 Å². The van der Waals surface area contributed by atoms with Crippen LogP contribution in [0.4, 0.5) is 13.2 Å². The molecule has 1 aromatic rings. The molecule has 0 aliphatic heterocycles. The second-order valence-electron chi connectivity index (χ2n) is 3.33. The molecule has 0 atom stereocenters. The molecule has 0 aliphatic carbocycles. The maximum absolute atomic E-state index is 12.4. The smallest absolute Gasteiger partial charge is 0.294 e. The molecule has 0 amide bonds. The highest BCUT2D eigenvalue weighted by Gasteiger charge is 2.30. The fraction of sp³-hybridized carbons (Fsp3) is 0.250. The SMILES string of the molecule is C=CCCC(=O)c1cccc(C(F)(F)F)c1. The van der Waals surface area contributed by atoms with Crippen LogP contribution in [0.5, 0.6) is 0 Å². The summed E-state index contributed by atoms with van der Waals surface area (Å²) in [7, 11) is 0. The minimum atomic E-state index is -4.41. The molecule has 1 aromatic carbocycles.